The van der Waals surface area contributed by atoms with E-state index in [0.29, 0.717) is 22.8 Å². The van der Waals surface area contributed by atoms with Gasteiger partial charge in [-0.05, 0) is 31.0 Å². The lowest BCUT2D eigenvalue weighted by Gasteiger charge is -2.29. The zero-order valence-corrected chi connectivity index (χ0v) is 17.8. The maximum absolute atomic E-state index is 14.5. The average molecular weight is 436 g/mol. The zero-order valence-electron chi connectivity index (χ0n) is 17.8. The molecule has 1 aromatic carbocycles. The van der Waals surface area contributed by atoms with E-state index in [1.807, 2.05) is 11.0 Å². The Kier molecular flexibility index (Phi) is 6.61. The smallest absolute Gasteiger partial charge is 0.270 e. The number of nitrogen functional groups attached to an aromatic ring is 1. The van der Waals surface area contributed by atoms with Crippen molar-refractivity contribution in [2.24, 2.45) is 9.98 Å². The van der Waals surface area contributed by atoms with Crippen molar-refractivity contribution in [1.29, 1.82) is 5.26 Å². The summed E-state index contributed by atoms with van der Waals surface area (Å²) in [5.74, 6) is -0.0263. The van der Waals surface area contributed by atoms with Crippen molar-refractivity contribution in [3.05, 3.63) is 51.6 Å². The van der Waals surface area contributed by atoms with E-state index in [4.69, 9.17) is 5.73 Å². The quantitative estimate of drug-likeness (QED) is 0.554. The van der Waals surface area contributed by atoms with Crippen LogP contribution in [0, 0.1) is 17.1 Å². The molecule has 2 heterocycles. The molecule has 2 aliphatic rings. The molecule has 0 bridgehead atoms. The fraction of sp³-hybridized carbons (Fsp3) is 0.391. The Morgan fingerprint density at radius 3 is 2.66 bits per heavy atom. The SMILES string of the molecule is N#Cc1cc(C=NC=Nc2ccc(N3CCNCC3)c(F)c2)c(N)n(C2CCCC2)c1=O. The number of hydrogen-bond donors (Lipinski definition) is 2. The number of rotatable bonds is 5. The first-order valence-electron chi connectivity index (χ1n) is 10.8. The largest absolute Gasteiger partial charge is 0.384 e. The molecule has 1 aliphatic heterocycles. The van der Waals surface area contributed by atoms with Gasteiger partial charge in [0.05, 0.1) is 11.4 Å². The van der Waals surface area contributed by atoms with E-state index in [2.05, 4.69) is 15.3 Å². The number of aromatic nitrogens is 1. The van der Waals surface area contributed by atoms with Crippen LogP contribution in [0.1, 0.15) is 42.9 Å². The van der Waals surface area contributed by atoms with Crippen molar-refractivity contribution in [3.8, 4) is 6.07 Å². The van der Waals surface area contributed by atoms with Gasteiger partial charge in [0.15, 0.2) is 0 Å². The number of pyridine rings is 1. The number of nitriles is 1. The molecule has 3 N–H and O–H groups in total. The number of hydrogen-bond acceptors (Lipinski definition) is 6. The highest BCUT2D eigenvalue weighted by atomic mass is 19.1. The summed E-state index contributed by atoms with van der Waals surface area (Å²) in [5, 5.41) is 12.6. The van der Waals surface area contributed by atoms with Gasteiger partial charge in [0.25, 0.3) is 5.56 Å². The third kappa shape index (κ3) is 4.55. The van der Waals surface area contributed by atoms with Crippen LogP contribution in [0.5, 0.6) is 0 Å². The highest BCUT2D eigenvalue weighted by molar-refractivity contribution is 5.91. The van der Waals surface area contributed by atoms with Crippen molar-refractivity contribution in [2.45, 2.75) is 31.7 Å². The predicted octanol–water partition coefficient (Wildman–Crippen LogP) is 2.74. The summed E-state index contributed by atoms with van der Waals surface area (Å²) in [4.78, 5) is 22.9. The topological polar surface area (TPSA) is 112 Å². The van der Waals surface area contributed by atoms with Gasteiger partial charge in [-0.1, -0.05) is 12.8 Å². The van der Waals surface area contributed by atoms with Gasteiger partial charge in [-0.25, -0.2) is 14.4 Å². The van der Waals surface area contributed by atoms with E-state index >= 15 is 0 Å². The normalized spacial score (nSPS) is 17.4. The molecular formula is C23H26FN7O. The van der Waals surface area contributed by atoms with Gasteiger partial charge >= 0.3 is 0 Å². The molecule has 1 saturated heterocycles. The monoisotopic (exact) mass is 435 g/mol. The highest BCUT2D eigenvalue weighted by Gasteiger charge is 2.22. The first kappa shape index (κ1) is 21.7. The van der Waals surface area contributed by atoms with Crippen LogP contribution in [0.2, 0.25) is 0 Å². The minimum absolute atomic E-state index is 0.00814. The van der Waals surface area contributed by atoms with Gasteiger partial charge in [0, 0.05) is 50.1 Å². The van der Waals surface area contributed by atoms with Gasteiger partial charge in [0.1, 0.15) is 29.6 Å². The summed E-state index contributed by atoms with van der Waals surface area (Å²) in [6.07, 6.45) is 6.58. The summed E-state index contributed by atoms with van der Waals surface area (Å²) < 4.78 is 16.0. The van der Waals surface area contributed by atoms with Crippen LogP contribution in [-0.2, 0) is 0 Å². The minimum Gasteiger partial charge on any atom is -0.384 e. The third-order valence-corrected chi connectivity index (χ3v) is 5.99. The van der Waals surface area contributed by atoms with Crippen molar-refractivity contribution in [2.75, 3.05) is 36.8 Å². The summed E-state index contributed by atoms with van der Waals surface area (Å²) in [6.45, 7) is 3.19. The highest BCUT2D eigenvalue weighted by Crippen LogP contribution is 2.31. The Balaban J connectivity index is 1.52. The van der Waals surface area contributed by atoms with E-state index in [0.717, 1.165) is 51.9 Å². The molecule has 2 fully saturated rings. The summed E-state index contributed by atoms with van der Waals surface area (Å²) in [5.41, 5.74) is 7.43. The fourth-order valence-electron chi connectivity index (χ4n) is 4.33. The Morgan fingerprint density at radius 1 is 1.22 bits per heavy atom. The van der Waals surface area contributed by atoms with Crippen LogP contribution < -0.4 is 21.5 Å². The number of nitrogens with one attached hydrogen (secondary N) is 1. The summed E-state index contributed by atoms with van der Waals surface area (Å²) in [7, 11) is 0. The van der Waals surface area contributed by atoms with E-state index < -0.39 is 0 Å². The van der Waals surface area contributed by atoms with Crippen LogP contribution >= 0.6 is 0 Å². The molecule has 4 rings (SSSR count). The molecule has 0 unspecified atom stereocenters. The van der Waals surface area contributed by atoms with Crippen molar-refractivity contribution in [1.82, 2.24) is 9.88 Å². The van der Waals surface area contributed by atoms with E-state index in [1.165, 1.54) is 29.3 Å². The van der Waals surface area contributed by atoms with Gasteiger partial charge in [-0.2, -0.15) is 5.26 Å². The van der Waals surface area contributed by atoms with Crippen molar-refractivity contribution in [3.63, 3.8) is 0 Å². The second-order valence-electron chi connectivity index (χ2n) is 8.02. The second kappa shape index (κ2) is 9.75. The lowest BCUT2D eigenvalue weighted by Crippen LogP contribution is -2.43. The molecule has 0 radical (unpaired) electrons. The van der Waals surface area contributed by atoms with Crippen molar-refractivity contribution >= 4 is 29.7 Å². The number of aliphatic imine (C=N–C) groups is 2. The Morgan fingerprint density at radius 2 is 1.97 bits per heavy atom. The van der Waals surface area contributed by atoms with Crippen LogP contribution in [0.4, 0.5) is 21.6 Å². The van der Waals surface area contributed by atoms with Gasteiger partial charge in [0.2, 0.25) is 0 Å². The molecule has 32 heavy (non-hydrogen) atoms. The third-order valence-electron chi connectivity index (χ3n) is 5.99. The minimum atomic E-state index is -0.359. The first-order chi connectivity index (χ1) is 15.6. The molecule has 1 saturated carbocycles. The summed E-state index contributed by atoms with van der Waals surface area (Å²) in [6, 6.07) is 8.26. The van der Waals surface area contributed by atoms with Crippen LogP contribution in [-0.4, -0.2) is 43.3 Å². The van der Waals surface area contributed by atoms with Gasteiger partial charge < -0.3 is 16.0 Å². The lowest BCUT2D eigenvalue weighted by molar-refractivity contribution is 0.509. The number of benzene rings is 1. The molecule has 1 aromatic heterocycles. The molecule has 2 aromatic rings. The Labute approximate surface area is 185 Å². The zero-order chi connectivity index (χ0) is 22.5. The Bertz CT molecular complexity index is 1140. The number of nitrogens with two attached hydrogens (primary N) is 1. The number of halogens is 1. The average Bonchev–Trinajstić information content (AvgIpc) is 3.33. The molecule has 0 amide bonds. The van der Waals surface area contributed by atoms with Crippen LogP contribution in [0.25, 0.3) is 0 Å². The first-order valence-corrected chi connectivity index (χ1v) is 10.8. The molecule has 166 valence electrons. The molecule has 0 spiro atoms. The number of nitrogens with zero attached hydrogens (tertiary/aromatic N) is 5. The van der Waals surface area contributed by atoms with Gasteiger partial charge in [-0.3, -0.25) is 9.36 Å². The van der Waals surface area contributed by atoms with E-state index in [-0.39, 0.29) is 23.0 Å². The Hall–Kier alpha value is -3.51. The molecule has 9 heteroatoms. The van der Waals surface area contributed by atoms with Gasteiger partial charge in [-0.15, -0.1) is 0 Å². The van der Waals surface area contributed by atoms with Crippen molar-refractivity contribution < 1.29 is 4.39 Å². The predicted molar refractivity (Wildman–Crippen MR) is 125 cm³/mol. The molecular weight excluding hydrogens is 409 g/mol. The standard InChI is InChI=1S/C23H26FN7O/c24-20-12-18(5-6-21(20)30-9-7-27-8-10-30)29-15-28-14-17-11-16(13-25)23(32)31(22(17)26)19-3-1-2-4-19/h5-6,11-12,14-15,19,27H,1-4,7-10,26H2. The maximum atomic E-state index is 14.5. The molecule has 1 aliphatic carbocycles. The molecule has 8 nitrogen and oxygen atoms in total. The molecule has 0 atom stereocenters. The maximum Gasteiger partial charge on any atom is 0.270 e. The summed E-state index contributed by atoms with van der Waals surface area (Å²) >= 11 is 0. The van der Waals surface area contributed by atoms with E-state index in [1.54, 1.807) is 12.1 Å². The van der Waals surface area contributed by atoms with E-state index in [9.17, 15) is 14.4 Å². The second-order valence-corrected chi connectivity index (χ2v) is 8.02. The van der Waals surface area contributed by atoms with Crippen LogP contribution in [0.15, 0.2) is 39.0 Å². The van der Waals surface area contributed by atoms with Crippen LogP contribution in [0.3, 0.4) is 0 Å². The fourth-order valence-corrected chi connectivity index (χ4v) is 4.33. The number of piperazine rings is 1. The lowest BCUT2D eigenvalue weighted by atomic mass is 10.1. The number of anilines is 2.